The van der Waals surface area contributed by atoms with E-state index in [4.69, 9.17) is 0 Å². The van der Waals surface area contributed by atoms with Crippen LogP contribution in [0.25, 0.3) is 0 Å². The first-order valence-corrected chi connectivity index (χ1v) is 8.55. The average molecular weight is 399 g/mol. The summed E-state index contributed by atoms with van der Waals surface area (Å²) in [5, 5.41) is 5.56. The summed E-state index contributed by atoms with van der Waals surface area (Å²) >= 11 is 0. The van der Waals surface area contributed by atoms with E-state index in [0.29, 0.717) is 22.8 Å². The van der Waals surface area contributed by atoms with Crippen molar-refractivity contribution in [1.82, 2.24) is 4.98 Å². The molecule has 148 valence electrons. The van der Waals surface area contributed by atoms with Crippen LogP contribution in [-0.2, 0) is 6.18 Å². The molecule has 0 aliphatic heterocycles. The molecule has 29 heavy (non-hydrogen) atoms. The van der Waals surface area contributed by atoms with Crippen LogP contribution in [0.5, 0.6) is 0 Å². The molecule has 3 aromatic rings. The maximum Gasteiger partial charge on any atom is 0.416 e. The molecule has 1 heterocycles. The number of pyridine rings is 1. The number of ketones is 1. The molecule has 0 bridgehead atoms. The van der Waals surface area contributed by atoms with E-state index in [0.717, 1.165) is 12.1 Å². The molecule has 0 radical (unpaired) electrons. The van der Waals surface area contributed by atoms with Gasteiger partial charge in [0, 0.05) is 23.1 Å². The van der Waals surface area contributed by atoms with Gasteiger partial charge in [0.2, 0.25) is 0 Å². The molecule has 1 amide bonds. The van der Waals surface area contributed by atoms with E-state index in [2.05, 4.69) is 15.6 Å². The zero-order valence-corrected chi connectivity index (χ0v) is 15.2. The fourth-order valence-corrected chi connectivity index (χ4v) is 2.51. The summed E-state index contributed by atoms with van der Waals surface area (Å²) in [6.07, 6.45) is -3.05. The van der Waals surface area contributed by atoms with E-state index in [9.17, 15) is 22.8 Å². The van der Waals surface area contributed by atoms with Crippen molar-refractivity contribution in [2.45, 2.75) is 13.1 Å². The average Bonchev–Trinajstić information content (AvgIpc) is 2.68. The molecule has 0 saturated carbocycles. The number of alkyl halides is 3. The lowest BCUT2D eigenvalue weighted by Gasteiger charge is -2.10. The van der Waals surface area contributed by atoms with Crippen LogP contribution in [0.15, 0.2) is 66.9 Å². The van der Waals surface area contributed by atoms with Gasteiger partial charge in [-0.05, 0) is 55.5 Å². The Labute approximate surface area is 164 Å². The molecule has 2 aromatic carbocycles. The number of anilines is 3. The highest BCUT2D eigenvalue weighted by Gasteiger charge is 2.29. The molecule has 0 aliphatic rings. The minimum Gasteiger partial charge on any atom is -0.340 e. The van der Waals surface area contributed by atoms with Gasteiger partial charge in [-0.15, -0.1) is 0 Å². The van der Waals surface area contributed by atoms with Gasteiger partial charge in [-0.25, -0.2) is 4.98 Å². The number of hydrogen-bond donors (Lipinski definition) is 2. The third kappa shape index (κ3) is 5.19. The molecule has 2 N–H and O–H groups in total. The molecular formula is C21H16F3N3O2. The highest BCUT2D eigenvalue weighted by atomic mass is 19.4. The molecule has 0 aliphatic carbocycles. The summed E-state index contributed by atoms with van der Waals surface area (Å²) in [5.74, 6) is -0.138. The second kappa shape index (κ2) is 8.14. The van der Waals surface area contributed by atoms with E-state index in [1.54, 1.807) is 30.3 Å². The molecule has 0 atom stereocenters. The van der Waals surface area contributed by atoms with Crippen LogP contribution >= 0.6 is 0 Å². The molecule has 0 unspecified atom stereocenters. The molecule has 1 aromatic heterocycles. The van der Waals surface area contributed by atoms with Gasteiger partial charge in [-0.3, -0.25) is 9.59 Å². The lowest BCUT2D eigenvalue weighted by molar-refractivity contribution is -0.137. The SMILES string of the molecule is CC(=O)c1cccc(NC(=O)c2ccc(Nc3ccc(C(F)(F)F)cc3)nc2)c1. The first-order valence-electron chi connectivity index (χ1n) is 8.55. The fourth-order valence-electron chi connectivity index (χ4n) is 2.51. The van der Waals surface area contributed by atoms with Crippen LogP contribution < -0.4 is 10.6 Å². The van der Waals surface area contributed by atoms with Crippen LogP contribution in [-0.4, -0.2) is 16.7 Å². The van der Waals surface area contributed by atoms with Gasteiger partial charge in [0.1, 0.15) is 5.82 Å². The maximum atomic E-state index is 12.6. The number of nitrogens with zero attached hydrogens (tertiary/aromatic N) is 1. The predicted octanol–water partition coefficient (Wildman–Crippen LogP) is 5.30. The molecular weight excluding hydrogens is 383 g/mol. The standard InChI is InChI=1S/C21H16F3N3O2/c1-13(28)14-3-2-4-18(11-14)27-20(29)15-5-10-19(25-12-15)26-17-8-6-16(7-9-17)21(22,23)24/h2-12H,1H3,(H,25,26)(H,27,29). The molecule has 8 heteroatoms. The Hall–Kier alpha value is -3.68. The monoisotopic (exact) mass is 399 g/mol. The molecule has 0 spiro atoms. The normalized spacial score (nSPS) is 11.0. The summed E-state index contributed by atoms with van der Waals surface area (Å²) < 4.78 is 37.8. The number of amides is 1. The third-order valence-corrected chi connectivity index (χ3v) is 4.04. The zero-order valence-electron chi connectivity index (χ0n) is 15.2. The van der Waals surface area contributed by atoms with Crippen molar-refractivity contribution < 1.29 is 22.8 Å². The van der Waals surface area contributed by atoms with Crippen LogP contribution in [0.3, 0.4) is 0 Å². The van der Waals surface area contributed by atoms with Gasteiger partial charge in [-0.1, -0.05) is 12.1 Å². The first-order chi connectivity index (χ1) is 13.7. The highest BCUT2D eigenvalue weighted by molar-refractivity contribution is 6.05. The Morgan fingerprint density at radius 3 is 2.21 bits per heavy atom. The lowest BCUT2D eigenvalue weighted by Crippen LogP contribution is -2.12. The molecule has 5 nitrogen and oxygen atoms in total. The largest absolute Gasteiger partial charge is 0.416 e. The number of Topliss-reactive ketones (excluding diaryl/α,β-unsaturated/α-hetero) is 1. The zero-order chi connectivity index (χ0) is 21.0. The minimum atomic E-state index is -4.39. The minimum absolute atomic E-state index is 0.110. The van der Waals surface area contributed by atoms with Crippen LogP contribution in [0.2, 0.25) is 0 Å². The number of benzene rings is 2. The van der Waals surface area contributed by atoms with Gasteiger partial charge >= 0.3 is 6.18 Å². The van der Waals surface area contributed by atoms with E-state index in [1.165, 1.54) is 31.3 Å². The van der Waals surface area contributed by atoms with Crippen molar-refractivity contribution in [3.05, 3.63) is 83.6 Å². The lowest BCUT2D eigenvalue weighted by atomic mass is 10.1. The van der Waals surface area contributed by atoms with Gasteiger partial charge < -0.3 is 10.6 Å². The number of hydrogen-bond acceptors (Lipinski definition) is 4. The number of carbonyl (C=O) groups excluding carboxylic acids is 2. The summed E-state index contributed by atoms with van der Waals surface area (Å²) in [6, 6.07) is 14.2. The number of rotatable bonds is 5. The number of halogens is 3. The highest BCUT2D eigenvalue weighted by Crippen LogP contribution is 2.30. The topological polar surface area (TPSA) is 71.1 Å². The Morgan fingerprint density at radius 1 is 0.897 bits per heavy atom. The maximum absolute atomic E-state index is 12.6. The fraction of sp³-hybridized carbons (Fsp3) is 0.0952. The molecule has 0 fully saturated rings. The number of aromatic nitrogens is 1. The van der Waals surface area contributed by atoms with Crippen molar-refractivity contribution >= 4 is 28.9 Å². The quantitative estimate of drug-likeness (QED) is 0.571. The summed E-state index contributed by atoms with van der Waals surface area (Å²) in [5.41, 5.74) is 0.948. The van der Waals surface area contributed by atoms with Crippen LogP contribution in [0, 0.1) is 0 Å². The van der Waals surface area contributed by atoms with E-state index < -0.39 is 17.6 Å². The number of carbonyl (C=O) groups is 2. The first kappa shape index (κ1) is 20.1. The van der Waals surface area contributed by atoms with Crippen molar-refractivity contribution in [3.8, 4) is 0 Å². The van der Waals surface area contributed by atoms with E-state index >= 15 is 0 Å². The van der Waals surface area contributed by atoms with Crippen molar-refractivity contribution in [1.29, 1.82) is 0 Å². The van der Waals surface area contributed by atoms with Crippen LogP contribution in [0.4, 0.5) is 30.4 Å². The van der Waals surface area contributed by atoms with Crippen molar-refractivity contribution in [2.24, 2.45) is 0 Å². The summed E-state index contributed by atoms with van der Waals surface area (Å²) in [6.45, 7) is 1.44. The van der Waals surface area contributed by atoms with Crippen molar-refractivity contribution in [2.75, 3.05) is 10.6 Å². The Morgan fingerprint density at radius 2 is 1.62 bits per heavy atom. The van der Waals surface area contributed by atoms with E-state index in [1.807, 2.05) is 0 Å². The third-order valence-electron chi connectivity index (χ3n) is 4.04. The van der Waals surface area contributed by atoms with Gasteiger partial charge in [0.15, 0.2) is 5.78 Å². The van der Waals surface area contributed by atoms with Gasteiger partial charge in [0.05, 0.1) is 11.1 Å². The van der Waals surface area contributed by atoms with E-state index in [-0.39, 0.29) is 11.3 Å². The Kier molecular flexibility index (Phi) is 5.63. The summed E-state index contributed by atoms with van der Waals surface area (Å²) in [4.78, 5) is 27.9. The number of nitrogens with one attached hydrogen (secondary N) is 2. The smallest absolute Gasteiger partial charge is 0.340 e. The Bertz CT molecular complexity index is 1030. The second-order valence-electron chi connectivity index (χ2n) is 6.22. The summed E-state index contributed by atoms with van der Waals surface area (Å²) in [7, 11) is 0. The van der Waals surface area contributed by atoms with Crippen molar-refractivity contribution in [3.63, 3.8) is 0 Å². The second-order valence-corrected chi connectivity index (χ2v) is 6.22. The molecule has 0 saturated heterocycles. The predicted molar refractivity (Wildman–Crippen MR) is 103 cm³/mol. The van der Waals surface area contributed by atoms with Crippen LogP contribution in [0.1, 0.15) is 33.2 Å². The Balaban J connectivity index is 1.66. The van der Waals surface area contributed by atoms with Gasteiger partial charge in [-0.2, -0.15) is 13.2 Å². The van der Waals surface area contributed by atoms with Gasteiger partial charge in [0.25, 0.3) is 5.91 Å². The molecule has 3 rings (SSSR count).